The average molecular weight is 778 g/mol. The zero-order valence-corrected chi connectivity index (χ0v) is 32.8. The third kappa shape index (κ3) is 8.51. The van der Waals surface area contributed by atoms with E-state index in [4.69, 9.17) is 24.7 Å². The fourth-order valence-corrected chi connectivity index (χ4v) is 9.87. The number of hydrogen-bond donors (Lipinski definition) is 7. The highest BCUT2D eigenvalue weighted by Crippen LogP contribution is 2.58. The molecule has 7 unspecified atom stereocenters. The number of piperidine rings is 1. The van der Waals surface area contributed by atoms with Crippen molar-refractivity contribution >= 4 is 11.8 Å². The molecule has 1 aromatic heterocycles. The summed E-state index contributed by atoms with van der Waals surface area (Å²) in [5, 5.41) is 57.8. The number of aromatic hydroxyl groups is 2. The number of nitrogens with zero attached hydrogens (tertiary/aromatic N) is 1. The van der Waals surface area contributed by atoms with Crippen LogP contribution in [0.4, 0.5) is 5.82 Å². The quantitative estimate of drug-likeness (QED) is 0.0991. The van der Waals surface area contributed by atoms with E-state index in [1.54, 1.807) is 30.5 Å². The number of aliphatic hydroxyl groups is 2. The maximum atomic E-state index is 13.6. The number of nitrogens with two attached hydrogens (primary N) is 1. The zero-order chi connectivity index (χ0) is 40.0. The van der Waals surface area contributed by atoms with Crippen LogP contribution in [0.15, 0.2) is 48.7 Å². The number of aromatic nitrogens is 1. The van der Waals surface area contributed by atoms with E-state index in [0.29, 0.717) is 62.1 Å². The van der Waals surface area contributed by atoms with E-state index in [1.807, 2.05) is 18.2 Å². The van der Waals surface area contributed by atoms with Gasteiger partial charge in [0.25, 0.3) is 0 Å². The maximum Gasteiger partial charge on any atom is 0.310 e. The van der Waals surface area contributed by atoms with E-state index in [-0.39, 0.29) is 54.8 Å². The van der Waals surface area contributed by atoms with Crippen molar-refractivity contribution in [2.75, 3.05) is 33.2 Å². The molecule has 13 heteroatoms. The number of benzene rings is 2. The lowest BCUT2D eigenvalue weighted by Crippen LogP contribution is -2.66. The van der Waals surface area contributed by atoms with Gasteiger partial charge in [-0.1, -0.05) is 25.3 Å². The van der Waals surface area contributed by atoms with Gasteiger partial charge < -0.3 is 55.5 Å². The van der Waals surface area contributed by atoms with Gasteiger partial charge in [0, 0.05) is 36.2 Å². The molecule has 3 aromatic rings. The second kappa shape index (κ2) is 17.9. The smallest absolute Gasteiger partial charge is 0.310 e. The molecule has 3 aliphatic rings. The minimum absolute atomic E-state index is 0.0561. The van der Waals surface area contributed by atoms with E-state index in [9.17, 15) is 30.3 Å². The lowest BCUT2D eigenvalue weighted by molar-refractivity contribution is -0.170. The summed E-state index contributed by atoms with van der Waals surface area (Å²) in [5.41, 5.74) is 6.83. The Bertz CT molecular complexity index is 1800. The van der Waals surface area contributed by atoms with Gasteiger partial charge in [0.15, 0.2) is 23.0 Å². The Morgan fingerprint density at radius 2 is 1.73 bits per heavy atom. The molecule has 0 spiro atoms. The molecule has 2 aromatic carbocycles. The number of pyridine rings is 1. The molecular weight excluding hydrogens is 718 g/mol. The number of rotatable bonds is 15. The van der Waals surface area contributed by atoms with Crippen LogP contribution in [0.2, 0.25) is 0 Å². The predicted octanol–water partition coefficient (Wildman–Crippen LogP) is 5.70. The Morgan fingerprint density at radius 1 is 0.982 bits per heavy atom. The number of carbonyl (C=O) groups is 1. The number of nitrogen functional groups attached to an aromatic ring is 1. The van der Waals surface area contributed by atoms with Gasteiger partial charge in [0.1, 0.15) is 12.4 Å². The number of carboxylic acid groups (broad SMARTS) is 1. The van der Waals surface area contributed by atoms with Crippen molar-refractivity contribution in [3.8, 4) is 28.7 Å². The standard InChI is InChI=1S/C43H59N3O10/c1-26-11-16-43(24-28-12-17-45-38(44)20-28,42(41(51)52)14-5-4-6-15-42)37(46-26)25-55-36-22-29(21-35(54-3)39(36)50)40-31(13-18-47)33(49)23-30(56-40)9-7-27-8-10-32(48)34(19-27)53-2/h8,10,12,17,19-22,26,30-31,33,37,40,46-50H,4-7,9,11,13-16,18,23-25H2,1-3H3,(H2,44,45)(H,51,52). The third-order valence-electron chi connectivity index (χ3n) is 12.8. The molecule has 0 bridgehead atoms. The van der Waals surface area contributed by atoms with Gasteiger partial charge in [0.2, 0.25) is 5.75 Å². The number of aliphatic hydroxyl groups excluding tert-OH is 2. The molecule has 8 N–H and O–H groups in total. The number of ether oxygens (including phenoxy) is 4. The highest BCUT2D eigenvalue weighted by atomic mass is 16.5. The van der Waals surface area contributed by atoms with Crippen LogP contribution in [0.3, 0.4) is 0 Å². The maximum absolute atomic E-state index is 13.6. The fourth-order valence-electron chi connectivity index (χ4n) is 9.87. The highest BCUT2D eigenvalue weighted by Gasteiger charge is 2.61. The van der Waals surface area contributed by atoms with Gasteiger partial charge in [-0.05, 0) is 118 Å². The monoisotopic (exact) mass is 777 g/mol. The van der Waals surface area contributed by atoms with Crippen molar-refractivity contribution in [1.82, 2.24) is 10.3 Å². The van der Waals surface area contributed by atoms with Crippen LogP contribution in [0, 0.1) is 16.7 Å². The molecule has 2 aliphatic heterocycles. The largest absolute Gasteiger partial charge is 0.504 e. The SMILES string of the molecule is COc1cc(CCC2CC(O)C(CCO)C(c3cc(OC)c(O)c(OCC4NC(C)CCC4(Cc4ccnc(N)c4)C4(C(=O)O)CCCCC4)c3)O2)ccc1O. The first-order chi connectivity index (χ1) is 26.9. The molecule has 1 aliphatic carbocycles. The lowest BCUT2D eigenvalue weighted by atomic mass is 9.49. The van der Waals surface area contributed by atoms with E-state index in [1.165, 1.54) is 14.2 Å². The molecule has 3 heterocycles. The van der Waals surface area contributed by atoms with Crippen molar-refractivity contribution in [3.63, 3.8) is 0 Å². The summed E-state index contributed by atoms with van der Waals surface area (Å²) in [5.74, 6) is -0.327. The summed E-state index contributed by atoms with van der Waals surface area (Å²) in [6, 6.07) is 12.0. The Balaban J connectivity index is 1.32. The van der Waals surface area contributed by atoms with Crippen LogP contribution < -0.4 is 25.3 Å². The van der Waals surface area contributed by atoms with Crippen molar-refractivity contribution in [2.45, 2.75) is 114 Å². The van der Waals surface area contributed by atoms with E-state index >= 15 is 0 Å². The molecular formula is C43H59N3O10. The van der Waals surface area contributed by atoms with Crippen LogP contribution in [0.25, 0.3) is 0 Å². The molecule has 1 saturated carbocycles. The second-order valence-electron chi connectivity index (χ2n) is 16.1. The van der Waals surface area contributed by atoms with E-state index in [2.05, 4.69) is 17.2 Å². The Morgan fingerprint density at radius 3 is 2.43 bits per heavy atom. The first kappa shape index (κ1) is 41.3. The number of nitrogens with one attached hydrogen (secondary N) is 1. The Kier molecular flexibility index (Phi) is 13.2. The van der Waals surface area contributed by atoms with Crippen molar-refractivity contribution < 1.29 is 49.3 Å². The molecule has 306 valence electrons. The average Bonchev–Trinajstić information content (AvgIpc) is 3.19. The number of aliphatic carboxylic acids is 1. The van der Waals surface area contributed by atoms with E-state index < -0.39 is 41.0 Å². The number of aryl methyl sites for hydroxylation is 1. The zero-order valence-electron chi connectivity index (χ0n) is 32.8. The van der Waals surface area contributed by atoms with Gasteiger partial charge in [-0.15, -0.1) is 0 Å². The molecule has 7 atom stereocenters. The van der Waals surface area contributed by atoms with Crippen molar-refractivity contribution in [1.29, 1.82) is 0 Å². The van der Waals surface area contributed by atoms with Crippen LogP contribution >= 0.6 is 0 Å². The second-order valence-corrected chi connectivity index (χ2v) is 16.1. The third-order valence-corrected chi connectivity index (χ3v) is 12.8. The fraction of sp³-hybridized carbons (Fsp3) is 0.581. The summed E-state index contributed by atoms with van der Waals surface area (Å²) in [4.78, 5) is 17.8. The Labute approximate surface area is 329 Å². The first-order valence-corrected chi connectivity index (χ1v) is 20.0. The van der Waals surface area contributed by atoms with Gasteiger partial charge in [0.05, 0.1) is 37.9 Å². The number of phenols is 2. The van der Waals surface area contributed by atoms with Gasteiger partial charge in [-0.2, -0.15) is 0 Å². The van der Waals surface area contributed by atoms with Crippen LogP contribution in [0.1, 0.15) is 93.9 Å². The van der Waals surface area contributed by atoms with E-state index in [0.717, 1.165) is 36.8 Å². The minimum Gasteiger partial charge on any atom is -0.504 e. The summed E-state index contributed by atoms with van der Waals surface area (Å²) < 4.78 is 24.2. The molecule has 0 amide bonds. The van der Waals surface area contributed by atoms with Crippen LogP contribution in [-0.4, -0.2) is 88.2 Å². The number of hydrogen-bond acceptors (Lipinski definition) is 12. The van der Waals surface area contributed by atoms with Gasteiger partial charge >= 0.3 is 5.97 Å². The number of anilines is 1. The molecule has 13 nitrogen and oxygen atoms in total. The van der Waals surface area contributed by atoms with Crippen LogP contribution in [-0.2, 0) is 22.4 Å². The summed E-state index contributed by atoms with van der Waals surface area (Å²) >= 11 is 0. The Hall–Kier alpha value is -4.30. The van der Waals surface area contributed by atoms with Crippen molar-refractivity contribution in [3.05, 3.63) is 65.4 Å². The topological polar surface area (TPSA) is 206 Å². The minimum atomic E-state index is -1.02. The molecule has 2 saturated heterocycles. The first-order valence-electron chi connectivity index (χ1n) is 20.0. The number of phenolic OH excluding ortho intramolecular Hbond substituents is 2. The molecule has 0 radical (unpaired) electrons. The van der Waals surface area contributed by atoms with Crippen LogP contribution in [0.5, 0.6) is 28.7 Å². The van der Waals surface area contributed by atoms with Gasteiger partial charge in [-0.25, -0.2) is 4.98 Å². The normalized spacial score (nSPS) is 27.7. The highest BCUT2D eigenvalue weighted by molar-refractivity contribution is 5.76. The number of carboxylic acids is 1. The molecule has 56 heavy (non-hydrogen) atoms. The predicted molar refractivity (Wildman–Crippen MR) is 210 cm³/mol. The molecule has 3 fully saturated rings. The van der Waals surface area contributed by atoms with Gasteiger partial charge in [-0.3, -0.25) is 4.79 Å². The molecule has 6 rings (SSSR count). The summed E-state index contributed by atoms with van der Waals surface area (Å²) in [6.45, 7) is 2.01. The summed E-state index contributed by atoms with van der Waals surface area (Å²) in [7, 11) is 2.95. The summed E-state index contributed by atoms with van der Waals surface area (Å²) in [6.07, 6.45) is 7.38. The lowest BCUT2D eigenvalue weighted by Gasteiger charge is -2.57. The number of methoxy groups -OCH3 is 2. The van der Waals surface area contributed by atoms with Crippen molar-refractivity contribution in [2.24, 2.45) is 16.7 Å².